The lowest BCUT2D eigenvalue weighted by Gasteiger charge is -2.18. The van der Waals surface area contributed by atoms with Crippen LogP contribution in [0.25, 0.3) is 0 Å². The molecule has 0 saturated carbocycles. The number of hydroxylamine groups is 1. The first-order chi connectivity index (χ1) is 17.3. The first-order valence-electron chi connectivity index (χ1n) is 10.0. The number of ether oxygens (including phenoxy) is 2. The molecule has 16 heteroatoms. The molecule has 0 unspecified atom stereocenters. The third kappa shape index (κ3) is 6.69. The topological polar surface area (TPSA) is 132 Å². The highest BCUT2D eigenvalue weighted by Crippen LogP contribution is 2.32. The first-order valence-corrected chi connectivity index (χ1v) is 11.8. The molecule has 0 amide bonds. The zero-order valence-corrected chi connectivity index (χ0v) is 20.9. The number of nitrogens with one attached hydrogen (secondary N) is 2. The van der Waals surface area contributed by atoms with Gasteiger partial charge in [-0.3, -0.25) is 0 Å². The summed E-state index contributed by atoms with van der Waals surface area (Å²) in [6, 6.07) is 9.88. The molecule has 2 aromatic carbocycles. The standard InChI is InChI=1S/C21H19ClF3N5O6S/c1-30(36-20(31)21(23,24)25)37(32,33)13-5-7-17(35-3)15(9-13)29-19-10-18(26-11-27-19)28-12-4-6-16(34-2)14(22)8-12/h4-11H,1-3H3,(H2,26,27,28,29). The zero-order valence-electron chi connectivity index (χ0n) is 19.3. The van der Waals surface area contributed by atoms with Gasteiger partial charge in [-0.25, -0.2) is 23.2 Å². The van der Waals surface area contributed by atoms with Crippen molar-refractivity contribution in [2.24, 2.45) is 0 Å². The predicted octanol–water partition coefficient (Wildman–Crippen LogP) is 4.28. The van der Waals surface area contributed by atoms with Crippen LogP contribution in [0, 0.1) is 0 Å². The molecule has 11 nitrogen and oxygen atoms in total. The normalized spacial score (nSPS) is 11.7. The minimum Gasteiger partial charge on any atom is -0.495 e. The van der Waals surface area contributed by atoms with E-state index in [9.17, 15) is 26.4 Å². The fraction of sp³-hybridized carbons (Fsp3) is 0.190. The van der Waals surface area contributed by atoms with E-state index in [1.807, 2.05) is 0 Å². The number of anilines is 4. The summed E-state index contributed by atoms with van der Waals surface area (Å²) in [7, 11) is -1.20. The molecule has 0 aliphatic rings. The Morgan fingerprint density at radius 2 is 1.59 bits per heavy atom. The molecular formula is C21H19ClF3N5O6S. The molecule has 0 bridgehead atoms. The average molecular weight is 562 g/mol. The van der Waals surface area contributed by atoms with Crippen molar-refractivity contribution in [3.63, 3.8) is 0 Å². The summed E-state index contributed by atoms with van der Waals surface area (Å²) in [6.45, 7) is 0. The van der Waals surface area contributed by atoms with Crippen molar-refractivity contribution < 1.29 is 40.7 Å². The number of benzene rings is 2. The van der Waals surface area contributed by atoms with E-state index in [1.165, 1.54) is 32.7 Å². The van der Waals surface area contributed by atoms with E-state index >= 15 is 0 Å². The van der Waals surface area contributed by atoms with Crippen molar-refractivity contribution in [3.8, 4) is 11.5 Å². The molecule has 1 aromatic heterocycles. The third-order valence-corrected chi connectivity index (χ3v) is 6.50. The minimum absolute atomic E-state index is 0.0938. The molecular weight excluding hydrogens is 543 g/mol. The van der Waals surface area contributed by atoms with Crippen molar-refractivity contribution >= 4 is 50.6 Å². The summed E-state index contributed by atoms with van der Waals surface area (Å²) in [5, 5.41) is 6.26. The average Bonchev–Trinajstić information content (AvgIpc) is 2.83. The van der Waals surface area contributed by atoms with Crippen LogP contribution < -0.4 is 20.1 Å². The number of carbonyl (C=O) groups excluding carboxylic acids is 1. The van der Waals surface area contributed by atoms with E-state index < -0.39 is 27.1 Å². The van der Waals surface area contributed by atoms with Crippen molar-refractivity contribution in [3.05, 3.63) is 53.8 Å². The van der Waals surface area contributed by atoms with Gasteiger partial charge in [-0.2, -0.15) is 13.2 Å². The lowest BCUT2D eigenvalue weighted by atomic mass is 10.3. The molecule has 0 fully saturated rings. The smallest absolute Gasteiger partial charge is 0.492 e. The maximum Gasteiger partial charge on any atom is 0.492 e. The number of alkyl halides is 3. The lowest BCUT2D eigenvalue weighted by Crippen LogP contribution is -2.36. The lowest BCUT2D eigenvalue weighted by molar-refractivity contribution is -0.219. The van der Waals surface area contributed by atoms with Gasteiger partial charge >= 0.3 is 12.1 Å². The highest BCUT2D eigenvalue weighted by atomic mass is 35.5. The van der Waals surface area contributed by atoms with Crippen LogP contribution in [0.3, 0.4) is 0 Å². The van der Waals surface area contributed by atoms with Crippen molar-refractivity contribution in [1.29, 1.82) is 0 Å². The second-order valence-corrected chi connectivity index (χ2v) is 9.38. The van der Waals surface area contributed by atoms with Gasteiger partial charge in [0.25, 0.3) is 10.0 Å². The maximum absolute atomic E-state index is 12.7. The number of aromatic nitrogens is 2. The molecule has 0 spiro atoms. The second kappa shape index (κ2) is 11.1. The number of carbonyl (C=O) groups is 1. The fourth-order valence-electron chi connectivity index (χ4n) is 2.84. The van der Waals surface area contributed by atoms with Gasteiger partial charge in [0, 0.05) is 18.8 Å². The largest absolute Gasteiger partial charge is 0.495 e. The minimum atomic E-state index is -5.38. The van der Waals surface area contributed by atoms with E-state index in [4.69, 9.17) is 21.1 Å². The third-order valence-electron chi connectivity index (χ3n) is 4.60. The highest BCUT2D eigenvalue weighted by molar-refractivity contribution is 7.89. The van der Waals surface area contributed by atoms with E-state index in [2.05, 4.69) is 25.4 Å². The van der Waals surface area contributed by atoms with Gasteiger partial charge < -0.3 is 24.9 Å². The molecule has 3 aromatic rings. The number of methoxy groups -OCH3 is 2. The molecule has 0 aliphatic carbocycles. The Hall–Kier alpha value is -3.82. The number of nitrogens with zero attached hydrogens (tertiary/aromatic N) is 3. The molecule has 37 heavy (non-hydrogen) atoms. The maximum atomic E-state index is 12.7. The van der Waals surface area contributed by atoms with Crippen LogP contribution in [-0.4, -0.2) is 56.3 Å². The Kier molecular flexibility index (Phi) is 8.30. The van der Waals surface area contributed by atoms with Crippen LogP contribution in [-0.2, 0) is 19.7 Å². The van der Waals surface area contributed by atoms with E-state index in [-0.39, 0.29) is 21.7 Å². The summed E-state index contributed by atoms with van der Waals surface area (Å²) < 4.78 is 73.0. The summed E-state index contributed by atoms with van der Waals surface area (Å²) in [4.78, 5) is 22.7. The van der Waals surface area contributed by atoms with Crippen LogP contribution in [0.1, 0.15) is 0 Å². The number of sulfonamides is 1. The SMILES string of the molecule is COc1ccc(Nc2cc(Nc3cc(S(=O)(=O)N(C)OC(=O)C(F)(F)F)ccc3OC)ncn2)cc1Cl. The fourth-order valence-corrected chi connectivity index (χ4v) is 4.06. The predicted molar refractivity (Wildman–Crippen MR) is 127 cm³/mol. The van der Waals surface area contributed by atoms with Crippen LogP contribution in [0.2, 0.25) is 5.02 Å². The molecule has 2 N–H and O–H groups in total. The van der Waals surface area contributed by atoms with Crippen LogP contribution in [0.15, 0.2) is 53.7 Å². The van der Waals surface area contributed by atoms with E-state index in [0.29, 0.717) is 29.3 Å². The molecule has 198 valence electrons. The number of hydrogen-bond donors (Lipinski definition) is 2. The summed E-state index contributed by atoms with van der Waals surface area (Å²) in [6.07, 6.45) is -4.15. The Morgan fingerprint density at radius 3 is 2.19 bits per heavy atom. The molecule has 0 saturated heterocycles. The summed E-state index contributed by atoms with van der Waals surface area (Å²) >= 11 is 6.13. The van der Waals surface area contributed by atoms with Crippen molar-refractivity contribution in [2.75, 3.05) is 31.9 Å². The second-order valence-electron chi connectivity index (χ2n) is 7.04. The van der Waals surface area contributed by atoms with Gasteiger partial charge in [0.15, 0.2) is 0 Å². The number of rotatable bonds is 9. The monoisotopic (exact) mass is 561 g/mol. The van der Waals surface area contributed by atoms with Gasteiger partial charge in [-0.1, -0.05) is 11.6 Å². The number of hydrogen-bond acceptors (Lipinski definition) is 10. The Bertz CT molecular complexity index is 1410. The summed E-state index contributed by atoms with van der Waals surface area (Å²) in [5.74, 6) is -1.46. The van der Waals surface area contributed by atoms with Gasteiger partial charge in [-0.05, 0) is 40.9 Å². The number of halogens is 4. The van der Waals surface area contributed by atoms with Crippen molar-refractivity contribution in [1.82, 2.24) is 14.4 Å². The van der Waals surface area contributed by atoms with E-state index in [0.717, 1.165) is 12.1 Å². The van der Waals surface area contributed by atoms with Gasteiger partial charge in [0.1, 0.15) is 29.5 Å². The Labute approximate surface area is 214 Å². The molecule has 0 atom stereocenters. The van der Waals surface area contributed by atoms with Crippen LogP contribution in [0.5, 0.6) is 11.5 Å². The van der Waals surface area contributed by atoms with Gasteiger partial charge in [0.2, 0.25) is 0 Å². The zero-order chi connectivity index (χ0) is 27.4. The van der Waals surface area contributed by atoms with Crippen LogP contribution >= 0.6 is 11.6 Å². The molecule has 1 heterocycles. The van der Waals surface area contributed by atoms with E-state index in [1.54, 1.807) is 18.2 Å². The van der Waals surface area contributed by atoms with Crippen molar-refractivity contribution in [2.45, 2.75) is 11.1 Å². The quantitative estimate of drug-likeness (QED) is 0.365. The van der Waals surface area contributed by atoms with Gasteiger partial charge in [0.05, 0.1) is 29.8 Å². The Morgan fingerprint density at radius 1 is 0.973 bits per heavy atom. The first kappa shape index (κ1) is 27.8. The highest BCUT2D eigenvalue weighted by Gasteiger charge is 2.43. The molecule has 3 rings (SSSR count). The molecule has 0 aliphatic heterocycles. The van der Waals surface area contributed by atoms with Gasteiger partial charge in [-0.15, -0.1) is 0 Å². The Balaban J connectivity index is 1.85. The molecule has 0 radical (unpaired) electrons. The summed E-state index contributed by atoms with van der Waals surface area (Å²) in [5.41, 5.74) is 0.689. The van der Waals surface area contributed by atoms with Crippen LogP contribution in [0.4, 0.5) is 36.2 Å².